The average molecular weight is 357 g/mol. The van der Waals surface area contributed by atoms with Gasteiger partial charge in [0, 0.05) is 5.56 Å². The van der Waals surface area contributed by atoms with Crippen LogP contribution in [0.3, 0.4) is 0 Å². The van der Waals surface area contributed by atoms with Crippen LogP contribution in [0.25, 0.3) is 11.3 Å². The molecular formula is C19H13ClO5. The molecule has 3 aromatic rings. The fraction of sp³-hybridized carbons (Fsp3) is 0.0526. The number of methoxy groups -OCH3 is 1. The summed E-state index contributed by atoms with van der Waals surface area (Å²) >= 11 is 5.97. The number of ether oxygens (including phenoxy) is 2. The second-order valence-corrected chi connectivity index (χ2v) is 5.47. The Morgan fingerprint density at radius 3 is 2.28 bits per heavy atom. The van der Waals surface area contributed by atoms with Crippen LogP contribution >= 0.6 is 11.6 Å². The van der Waals surface area contributed by atoms with Crippen LogP contribution in [0.15, 0.2) is 65.3 Å². The molecule has 0 aliphatic heterocycles. The number of benzene rings is 2. The van der Waals surface area contributed by atoms with Crippen molar-refractivity contribution in [2.24, 2.45) is 0 Å². The van der Waals surface area contributed by atoms with Gasteiger partial charge in [-0.05, 0) is 36.4 Å². The Balaban J connectivity index is 1.82. The van der Waals surface area contributed by atoms with Gasteiger partial charge in [0.05, 0.1) is 17.7 Å². The van der Waals surface area contributed by atoms with Gasteiger partial charge in [-0.3, -0.25) is 0 Å². The summed E-state index contributed by atoms with van der Waals surface area (Å²) in [6, 6.07) is 15.2. The highest BCUT2D eigenvalue weighted by Crippen LogP contribution is 2.32. The van der Waals surface area contributed by atoms with E-state index in [-0.39, 0.29) is 16.3 Å². The fourth-order valence-corrected chi connectivity index (χ4v) is 2.46. The summed E-state index contributed by atoms with van der Waals surface area (Å²) in [6.45, 7) is 0. The van der Waals surface area contributed by atoms with Crippen molar-refractivity contribution >= 4 is 23.5 Å². The van der Waals surface area contributed by atoms with Crippen molar-refractivity contribution in [2.75, 3.05) is 7.11 Å². The van der Waals surface area contributed by atoms with E-state index < -0.39 is 11.9 Å². The van der Waals surface area contributed by atoms with Gasteiger partial charge in [-0.2, -0.15) is 0 Å². The number of hydrogen-bond donors (Lipinski definition) is 0. The molecule has 0 saturated heterocycles. The van der Waals surface area contributed by atoms with Gasteiger partial charge in [-0.15, -0.1) is 0 Å². The number of hydrogen-bond acceptors (Lipinski definition) is 5. The van der Waals surface area contributed by atoms with E-state index in [1.165, 1.54) is 13.4 Å². The predicted octanol–water partition coefficient (Wildman–Crippen LogP) is 4.61. The zero-order valence-corrected chi connectivity index (χ0v) is 13.9. The third-order valence-electron chi connectivity index (χ3n) is 3.47. The third-order valence-corrected chi connectivity index (χ3v) is 3.75. The van der Waals surface area contributed by atoms with Crippen molar-refractivity contribution in [2.45, 2.75) is 0 Å². The monoisotopic (exact) mass is 356 g/mol. The van der Waals surface area contributed by atoms with Gasteiger partial charge in [0.1, 0.15) is 23.3 Å². The molecule has 0 amide bonds. The highest BCUT2D eigenvalue weighted by Gasteiger charge is 2.22. The van der Waals surface area contributed by atoms with Crippen LogP contribution in [0.2, 0.25) is 5.02 Å². The van der Waals surface area contributed by atoms with Gasteiger partial charge in [0.2, 0.25) is 0 Å². The summed E-state index contributed by atoms with van der Waals surface area (Å²) in [4.78, 5) is 23.9. The largest absolute Gasteiger partial charge is 0.465 e. The van der Waals surface area contributed by atoms with Crippen molar-refractivity contribution < 1.29 is 23.5 Å². The highest BCUT2D eigenvalue weighted by atomic mass is 35.5. The first-order valence-corrected chi connectivity index (χ1v) is 7.71. The Kier molecular flexibility index (Phi) is 4.86. The lowest BCUT2D eigenvalue weighted by molar-refractivity contribution is 0.0600. The van der Waals surface area contributed by atoms with Crippen LogP contribution in [0.5, 0.6) is 5.75 Å². The lowest BCUT2D eigenvalue weighted by Gasteiger charge is -2.06. The van der Waals surface area contributed by atoms with E-state index in [0.29, 0.717) is 16.9 Å². The molecule has 0 aliphatic carbocycles. The van der Waals surface area contributed by atoms with Crippen LogP contribution in [0.4, 0.5) is 0 Å². The average Bonchev–Trinajstić information content (AvgIpc) is 3.04. The number of halogens is 1. The zero-order chi connectivity index (χ0) is 17.8. The molecule has 0 N–H and O–H groups in total. The molecule has 0 radical (unpaired) electrons. The van der Waals surface area contributed by atoms with E-state index >= 15 is 0 Å². The van der Waals surface area contributed by atoms with E-state index in [1.807, 2.05) is 6.07 Å². The smallest absolute Gasteiger partial charge is 0.343 e. The molecule has 2 aromatic carbocycles. The SMILES string of the molecule is COC(=O)c1c(Cl)coc1-c1ccc(OC(=O)c2ccccc2)cc1. The minimum atomic E-state index is -0.590. The molecule has 5 nitrogen and oxygen atoms in total. The number of esters is 2. The topological polar surface area (TPSA) is 65.7 Å². The first-order chi connectivity index (χ1) is 12.1. The van der Waals surface area contributed by atoms with Crippen molar-refractivity contribution in [1.29, 1.82) is 0 Å². The molecule has 6 heteroatoms. The molecule has 1 aromatic heterocycles. The zero-order valence-electron chi connectivity index (χ0n) is 13.2. The molecular weight excluding hydrogens is 344 g/mol. The summed E-state index contributed by atoms with van der Waals surface area (Å²) < 4.78 is 15.4. The molecule has 0 bridgehead atoms. The van der Waals surface area contributed by atoms with Gasteiger partial charge in [-0.25, -0.2) is 9.59 Å². The number of carbonyl (C=O) groups is 2. The van der Waals surface area contributed by atoms with E-state index in [2.05, 4.69) is 0 Å². The minimum Gasteiger partial charge on any atom is -0.465 e. The number of rotatable bonds is 4. The lowest BCUT2D eigenvalue weighted by atomic mass is 10.1. The minimum absolute atomic E-state index is 0.151. The summed E-state index contributed by atoms with van der Waals surface area (Å²) in [6.07, 6.45) is 1.27. The molecule has 0 atom stereocenters. The van der Waals surface area contributed by atoms with Crippen molar-refractivity contribution in [3.8, 4) is 17.1 Å². The predicted molar refractivity (Wildman–Crippen MR) is 91.9 cm³/mol. The van der Waals surface area contributed by atoms with Crippen LogP contribution in [0.1, 0.15) is 20.7 Å². The molecule has 0 aliphatic rings. The maximum Gasteiger partial charge on any atom is 0.343 e. The Morgan fingerprint density at radius 2 is 1.64 bits per heavy atom. The quantitative estimate of drug-likeness (QED) is 0.504. The first-order valence-electron chi connectivity index (χ1n) is 7.33. The fourth-order valence-electron chi connectivity index (χ4n) is 2.26. The molecule has 3 rings (SSSR count). The number of furan rings is 1. The summed E-state index contributed by atoms with van der Waals surface area (Å²) in [5.74, 6) is -0.384. The summed E-state index contributed by atoms with van der Waals surface area (Å²) in [5.41, 5.74) is 1.21. The van der Waals surface area contributed by atoms with E-state index in [4.69, 9.17) is 25.5 Å². The van der Waals surface area contributed by atoms with Gasteiger partial charge in [-0.1, -0.05) is 29.8 Å². The second-order valence-electron chi connectivity index (χ2n) is 5.06. The van der Waals surface area contributed by atoms with E-state index in [9.17, 15) is 9.59 Å². The maximum absolute atomic E-state index is 12.0. The van der Waals surface area contributed by atoms with Crippen molar-refractivity contribution in [1.82, 2.24) is 0 Å². The van der Waals surface area contributed by atoms with Gasteiger partial charge < -0.3 is 13.9 Å². The van der Waals surface area contributed by atoms with Gasteiger partial charge in [0.25, 0.3) is 0 Å². The van der Waals surface area contributed by atoms with E-state index in [0.717, 1.165) is 0 Å². The highest BCUT2D eigenvalue weighted by molar-refractivity contribution is 6.34. The molecule has 0 fully saturated rings. The summed E-state index contributed by atoms with van der Waals surface area (Å²) in [5, 5.41) is 0.168. The number of carbonyl (C=O) groups excluding carboxylic acids is 2. The second kappa shape index (κ2) is 7.23. The van der Waals surface area contributed by atoms with Crippen LogP contribution in [-0.2, 0) is 4.74 Å². The normalized spacial score (nSPS) is 10.3. The van der Waals surface area contributed by atoms with Crippen LogP contribution in [-0.4, -0.2) is 19.0 Å². The standard InChI is InChI=1S/C19H13ClO5/c1-23-19(22)16-15(20)11-24-17(16)12-7-9-14(10-8-12)25-18(21)13-5-3-2-4-6-13/h2-11H,1H3. The molecule has 0 spiro atoms. The molecule has 0 saturated carbocycles. The third kappa shape index (κ3) is 3.56. The summed E-state index contributed by atoms with van der Waals surface area (Å²) in [7, 11) is 1.27. The Hall–Kier alpha value is -3.05. The van der Waals surface area contributed by atoms with Crippen LogP contribution in [0, 0.1) is 0 Å². The Morgan fingerprint density at radius 1 is 0.960 bits per heavy atom. The van der Waals surface area contributed by atoms with Crippen LogP contribution < -0.4 is 4.74 Å². The lowest BCUT2D eigenvalue weighted by Crippen LogP contribution is -2.08. The molecule has 1 heterocycles. The first kappa shape index (κ1) is 16.8. The van der Waals surface area contributed by atoms with Gasteiger partial charge >= 0.3 is 11.9 Å². The Labute approximate surface area is 148 Å². The Bertz CT molecular complexity index is 897. The van der Waals surface area contributed by atoms with Crippen molar-refractivity contribution in [3.05, 3.63) is 77.0 Å². The molecule has 0 unspecified atom stereocenters. The van der Waals surface area contributed by atoms with Crippen molar-refractivity contribution in [3.63, 3.8) is 0 Å². The molecule has 25 heavy (non-hydrogen) atoms. The van der Waals surface area contributed by atoms with Gasteiger partial charge in [0.15, 0.2) is 0 Å². The maximum atomic E-state index is 12.0. The van der Waals surface area contributed by atoms with E-state index in [1.54, 1.807) is 48.5 Å². The molecule has 126 valence electrons.